The van der Waals surface area contributed by atoms with E-state index >= 15 is 0 Å². The second-order valence-electron chi connectivity index (χ2n) is 9.87. The Labute approximate surface area is 242 Å². The van der Waals surface area contributed by atoms with Crippen molar-refractivity contribution in [3.05, 3.63) is 143 Å². The molecule has 0 aliphatic carbocycles. The van der Waals surface area contributed by atoms with E-state index in [1.807, 2.05) is 37.3 Å². The van der Waals surface area contributed by atoms with Gasteiger partial charge >= 0.3 is 0 Å². The van der Waals surface area contributed by atoms with Gasteiger partial charge in [0.2, 0.25) is 0 Å². The fourth-order valence-electron chi connectivity index (χ4n) is 5.21. The van der Waals surface area contributed by atoms with E-state index in [1.54, 1.807) is 11.8 Å². The van der Waals surface area contributed by atoms with Crippen LogP contribution in [0.2, 0.25) is 0 Å². The van der Waals surface area contributed by atoms with Gasteiger partial charge in [0, 0.05) is 38.7 Å². The van der Waals surface area contributed by atoms with Crippen LogP contribution in [-0.4, -0.2) is 11.5 Å². The van der Waals surface area contributed by atoms with Crippen LogP contribution in [0.4, 0.5) is 11.4 Å². The van der Waals surface area contributed by atoms with E-state index in [4.69, 9.17) is 10.7 Å². The van der Waals surface area contributed by atoms with E-state index in [-0.39, 0.29) is 6.17 Å². The molecule has 3 nitrogen and oxygen atoms in total. The lowest BCUT2D eigenvalue weighted by Gasteiger charge is -2.24. The number of aliphatic imine (C=N–C) groups is 1. The minimum absolute atomic E-state index is 0.296. The molecule has 0 aromatic heterocycles. The maximum absolute atomic E-state index is 6.52. The zero-order valence-electron chi connectivity index (χ0n) is 23.3. The summed E-state index contributed by atoms with van der Waals surface area (Å²) in [5, 5.41) is 3.89. The summed E-state index contributed by atoms with van der Waals surface area (Å²) in [5.41, 5.74) is 18.5. The smallest absolute Gasteiger partial charge is 0.145 e. The third-order valence-electron chi connectivity index (χ3n) is 7.29. The molecule has 4 aromatic carbocycles. The van der Waals surface area contributed by atoms with E-state index < -0.39 is 0 Å². The Morgan fingerprint density at radius 1 is 0.850 bits per heavy atom. The predicted molar refractivity (Wildman–Crippen MR) is 176 cm³/mol. The quantitative estimate of drug-likeness (QED) is 0.218. The Morgan fingerprint density at radius 2 is 1.52 bits per heavy atom. The molecule has 0 saturated carbocycles. The van der Waals surface area contributed by atoms with E-state index in [9.17, 15) is 0 Å². The minimum atomic E-state index is -0.296. The SMILES string of the molecule is C=CC1=C(/C=C\C)/C(=N/C(Nc2c(-c3ccccc3N)ccc(-c3ccccc3C)c2C)c2ccccc2)CS1. The highest BCUT2D eigenvalue weighted by atomic mass is 32.2. The summed E-state index contributed by atoms with van der Waals surface area (Å²) in [7, 11) is 0. The van der Waals surface area contributed by atoms with Crippen LogP contribution in [-0.2, 0) is 0 Å². The second kappa shape index (κ2) is 12.3. The lowest BCUT2D eigenvalue weighted by Crippen LogP contribution is -2.14. The van der Waals surface area contributed by atoms with Crippen molar-refractivity contribution in [1.82, 2.24) is 0 Å². The molecule has 5 rings (SSSR count). The molecule has 3 N–H and O–H groups in total. The van der Waals surface area contributed by atoms with Gasteiger partial charge in [0.05, 0.1) is 5.71 Å². The summed E-state index contributed by atoms with van der Waals surface area (Å²) < 4.78 is 0. The third-order valence-corrected chi connectivity index (χ3v) is 8.41. The van der Waals surface area contributed by atoms with Crippen molar-refractivity contribution >= 4 is 28.8 Å². The molecule has 40 heavy (non-hydrogen) atoms. The molecule has 0 saturated heterocycles. The molecule has 1 aliphatic heterocycles. The number of nitrogens with zero attached hydrogens (tertiary/aromatic N) is 1. The first-order valence-corrected chi connectivity index (χ1v) is 14.6. The van der Waals surface area contributed by atoms with Gasteiger partial charge in [0.1, 0.15) is 6.17 Å². The Morgan fingerprint density at radius 3 is 2.23 bits per heavy atom. The zero-order chi connectivity index (χ0) is 28.1. The Balaban J connectivity index is 1.71. The number of anilines is 2. The number of hydrogen-bond acceptors (Lipinski definition) is 4. The van der Waals surface area contributed by atoms with Gasteiger partial charge in [-0.2, -0.15) is 0 Å². The number of nitrogens with two attached hydrogens (primary N) is 1. The summed E-state index contributed by atoms with van der Waals surface area (Å²) in [4.78, 5) is 6.52. The van der Waals surface area contributed by atoms with Crippen LogP contribution in [0.25, 0.3) is 22.3 Å². The lowest BCUT2D eigenvalue weighted by molar-refractivity contribution is 0.837. The zero-order valence-corrected chi connectivity index (χ0v) is 24.1. The molecule has 200 valence electrons. The monoisotopic (exact) mass is 541 g/mol. The highest BCUT2D eigenvalue weighted by Crippen LogP contribution is 2.42. The highest BCUT2D eigenvalue weighted by Gasteiger charge is 2.23. The molecule has 1 unspecified atom stereocenters. The van der Waals surface area contributed by atoms with Gasteiger partial charge in [0.15, 0.2) is 0 Å². The number of nitrogen functional groups attached to an aromatic ring is 1. The second-order valence-corrected chi connectivity index (χ2v) is 10.9. The van der Waals surface area contributed by atoms with Crippen molar-refractivity contribution < 1.29 is 0 Å². The largest absolute Gasteiger partial charge is 0.398 e. The molecule has 4 aromatic rings. The predicted octanol–water partition coefficient (Wildman–Crippen LogP) is 9.53. The number of rotatable bonds is 8. The molecule has 4 heteroatoms. The van der Waals surface area contributed by atoms with Gasteiger partial charge in [-0.3, -0.25) is 4.99 Å². The average molecular weight is 542 g/mol. The Bertz CT molecular complexity index is 1630. The first kappa shape index (κ1) is 27.3. The van der Waals surface area contributed by atoms with E-state index in [0.717, 1.165) is 50.7 Å². The van der Waals surface area contributed by atoms with Crippen molar-refractivity contribution in [2.75, 3.05) is 16.8 Å². The maximum atomic E-state index is 6.52. The van der Waals surface area contributed by atoms with Crippen LogP contribution in [0.3, 0.4) is 0 Å². The number of allylic oxidation sites excluding steroid dienone is 4. The van der Waals surface area contributed by atoms with Crippen LogP contribution in [0.5, 0.6) is 0 Å². The van der Waals surface area contributed by atoms with E-state index in [1.165, 1.54) is 21.6 Å². The Kier molecular flexibility index (Phi) is 8.37. The van der Waals surface area contributed by atoms with Crippen molar-refractivity contribution in [2.24, 2.45) is 4.99 Å². The molecule has 0 spiro atoms. The van der Waals surface area contributed by atoms with Gasteiger partial charge < -0.3 is 11.1 Å². The van der Waals surface area contributed by atoms with Gasteiger partial charge in [0.25, 0.3) is 0 Å². The first-order chi connectivity index (χ1) is 19.5. The number of thioether (sulfide) groups is 1. The van der Waals surface area contributed by atoms with Crippen LogP contribution < -0.4 is 11.1 Å². The summed E-state index contributed by atoms with van der Waals surface area (Å²) in [6.45, 7) is 10.4. The summed E-state index contributed by atoms with van der Waals surface area (Å²) in [6.07, 6.45) is 5.84. The lowest BCUT2D eigenvalue weighted by atomic mass is 9.90. The summed E-state index contributed by atoms with van der Waals surface area (Å²) in [5.74, 6) is 0.812. The Hall–Kier alpha value is -4.28. The topological polar surface area (TPSA) is 50.4 Å². The number of aryl methyl sites for hydroxylation is 1. The molecule has 0 radical (unpaired) electrons. The van der Waals surface area contributed by atoms with Crippen LogP contribution in [0.15, 0.2) is 131 Å². The minimum Gasteiger partial charge on any atom is -0.398 e. The van der Waals surface area contributed by atoms with Crippen molar-refractivity contribution in [2.45, 2.75) is 26.9 Å². The molecule has 1 heterocycles. The van der Waals surface area contributed by atoms with Crippen LogP contribution >= 0.6 is 11.8 Å². The van der Waals surface area contributed by atoms with Crippen molar-refractivity contribution in [3.63, 3.8) is 0 Å². The summed E-state index contributed by atoms with van der Waals surface area (Å²) in [6, 6.07) is 31.4. The fraction of sp³-hybridized carbons (Fsp3) is 0.139. The molecule has 0 amide bonds. The van der Waals surface area contributed by atoms with Crippen molar-refractivity contribution in [3.8, 4) is 22.3 Å². The first-order valence-electron chi connectivity index (χ1n) is 13.6. The van der Waals surface area contributed by atoms with Crippen LogP contribution in [0, 0.1) is 13.8 Å². The standard InChI is InChI=1S/C36H35N3S/c1-5-14-31-33(23-40-34(31)6-2)38-36(26-16-8-7-9-17-26)39-35-25(4)28(27-18-11-10-15-24(27)3)21-22-30(35)29-19-12-13-20-32(29)37/h5-22,36,39H,2,23,37H2,1,3-4H3/b14-5-,38-33+. The number of benzene rings is 4. The number of nitrogens with one attached hydrogen (secondary N) is 1. The van der Waals surface area contributed by atoms with Crippen molar-refractivity contribution in [1.29, 1.82) is 0 Å². The number of hydrogen-bond donors (Lipinski definition) is 2. The molecular weight excluding hydrogens is 506 g/mol. The normalized spacial score (nSPS) is 15.1. The summed E-state index contributed by atoms with van der Waals surface area (Å²) >= 11 is 1.78. The van der Waals surface area contributed by atoms with Gasteiger partial charge in [-0.05, 0) is 54.7 Å². The third kappa shape index (κ3) is 5.54. The van der Waals surface area contributed by atoms with Crippen LogP contribution in [0.1, 0.15) is 29.8 Å². The fourth-order valence-corrected chi connectivity index (χ4v) is 6.20. The van der Waals surface area contributed by atoms with Gasteiger partial charge in [-0.15, -0.1) is 11.8 Å². The molecule has 1 aliphatic rings. The van der Waals surface area contributed by atoms with Gasteiger partial charge in [-0.25, -0.2) is 0 Å². The average Bonchev–Trinajstić information content (AvgIpc) is 3.36. The van der Waals surface area contributed by atoms with E-state index in [2.05, 4.69) is 105 Å². The maximum Gasteiger partial charge on any atom is 0.145 e. The highest BCUT2D eigenvalue weighted by molar-refractivity contribution is 8.04. The molecule has 0 fully saturated rings. The van der Waals surface area contributed by atoms with E-state index in [0.29, 0.717) is 0 Å². The van der Waals surface area contributed by atoms with Gasteiger partial charge in [-0.1, -0.05) is 110 Å². The number of para-hydroxylation sites is 1. The molecule has 0 bridgehead atoms. The molecular formula is C36H35N3S. The molecule has 1 atom stereocenters.